The zero-order valence-electron chi connectivity index (χ0n) is 11.4. The Kier molecular flexibility index (Phi) is 7.44. The third-order valence-electron chi connectivity index (χ3n) is 2.65. The summed E-state index contributed by atoms with van der Waals surface area (Å²) in [5, 5.41) is 8.72. The maximum atomic E-state index is 5.01. The summed E-state index contributed by atoms with van der Waals surface area (Å²) in [6, 6.07) is 4.26. The third-order valence-corrected chi connectivity index (χ3v) is 3.75. The average molecular weight is 269 g/mol. The second-order valence-corrected chi connectivity index (χ2v) is 5.12. The number of ether oxygens (including phenoxy) is 1. The lowest BCUT2D eigenvalue weighted by atomic mass is 10.1. The zero-order chi connectivity index (χ0) is 13.2. The summed E-state index contributed by atoms with van der Waals surface area (Å²) in [5.74, 6) is 1.36. The van der Waals surface area contributed by atoms with Crippen LogP contribution in [0.4, 0.5) is 0 Å². The van der Waals surface area contributed by atoms with Gasteiger partial charge in [0, 0.05) is 44.6 Å². The Labute approximate surface area is 113 Å². The predicted octanol–water partition coefficient (Wildman–Crippen LogP) is 2.05. The highest BCUT2D eigenvalue weighted by Crippen LogP contribution is 2.19. The number of methoxy groups -OCH3 is 1. The van der Waals surface area contributed by atoms with Crippen LogP contribution in [0.5, 0.6) is 0 Å². The van der Waals surface area contributed by atoms with E-state index >= 15 is 0 Å². The highest BCUT2D eigenvalue weighted by Gasteiger charge is 2.06. The number of hydrogen-bond acceptors (Lipinski definition) is 3. The Balaban J connectivity index is 2.23. The van der Waals surface area contributed by atoms with Gasteiger partial charge in [-0.3, -0.25) is 4.99 Å². The molecule has 0 saturated carbocycles. The van der Waals surface area contributed by atoms with Crippen molar-refractivity contribution in [2.75, 3.05) is 33.9 Å². The van der Waals surface area contributed by atoms with E-state index in [0.29, 0.717) is 5.92 Å². The first-order valence-electron chi connectivity index (χ1n) is 6.24. The third kappa shape index (κ3) is 5.51. The van der Waals surface area contributed by atoms with Crippen LogP contribution in [-0.2, 0) is 4.74 Å². The van der Waals surface area contributed by atoms with Crippen molar-refractivity contribution in [1.29, 1.82) is 0 Å². The molecule has 0 aromatic carbocycles. The molecule has 0 bridgehead atoms. The van der Waals surface area contributed by atoms with Gasteiger partial charge in [0.1, 0.15) is 0 Å². The quantitative estimate of drug-likeness (QED) is 0.452. The number of guanidine groups is 1. The summed E-state index contributed by atoms with van der Waals surface area (Å²) in [6.07, 6.45) is 0.984. The number of aliphatic imine (C=N–C) groups is 1. The Bertz CT molecular complexity index is 338. The van der Waals surface area contributed by atoms with Gasteiger partial charge in [0.25, 0.3) is 0 Å². The second kappa shape index (κ2) is 8.94. The Morgan fingerprint density at radius 1 is 1.50 bits per heavy atom. The lowest BCUT2D eigenvalue weighted by molar-refractivity contribution is 0.195. The summed E-state index contributed by atoms with van der Waals surface area (Å²) in [4.78, 5) is 5.60. The molecule has 4 nitrogen and oxygen atoms in total. The van der Waals surface area contributed by atoms with Gasteiger partial charge in [0.05, 0.1) is 0 Å². The number of rotatable bonds is 7. The molecule has 0 radical (unpaired) electrons. The molecule has 0 amide bonds. The Morgan fingerprint density at radius 2 is 2.33 bits per heavy atom. The smallest absolute Gasteiger partial charge is 0.190 e. The molecular weight excluding hydrogens is 246 g/mol. The van der Waals surface area contributed by atoms with Gasteiger partial charge in [-0.15, -0.1) is 11.3 Å². The van der Waals surface area contributed by atoms with Gasteiger partial charge in [0.15, 0.2) is 5.96 Å². The van der Waals surface area contributed by atoms with E-state index in [0.717, 1.165) is 32.1 Å². The molecule has 1 rings (SSSR count). The van der Waals surface area contributed by atoms with Crippen LogP contribution in [0.25, 0.3) is 0 Å². The van der Waals surface area contributed by atoms with Gasteiger partial charge in [0.2, 0.25) is 0 Å². The first kappa shape index (κ1) is 15.0. The molecule has 1 aromatic rings. The molecule has 0 spiro atoms. The minimum atomic E-state index is 0.502. The number of nitrogens with one attached hydrogen (secondary N) is 2. The molecule has 0 saturated heterocycles. The van der Waals surface area contributed by atoms with Gasteiger partial charge < -0.3 is 15.4 Å². The van der Waals surface area contributed by atoms with Crippen LogP contribution < -0.4 is 10.6 Å². The topological polar surface area (TPSA) is 45.7 Å². The molecule has 1 atom stereocenters. The molecule has 1 heterocycles. The molecule has 0 aliphatic rings. The maximum Gasteiger partial charge on any atom is 0.190 e. The number of thiophene rings is 1. The lowest BCUT2D eigenvalue weighted by Gasteiger charge is -2.15. The van der Waals surface area contributed by atoms with Crippen molar-refractivity contribution in [3.8, 4) is 0 Å². The van der Waals surface area contributed by atoms with E-state index in [2.05, 4.69) is 40.1 Å². The van der Waals surface area contributed by atoms with Crippen molar-refractivity contribution in [2.24, 2.45) is 4.99 Å². The predicted molar refractivity (Wildman–Crippen MR) is 78.6 cm³/mol. The average Bonchev–Trinajstić information content (AvgIpc) is 2.91. The number of hydrogen-bond donors (Lipinski definition) is 2. The molecule has 0 fully saturated rings. The van der Waals surface area contributed by atoms with Gasteiger partial charge in [-0.05, 0) is 17.9 Å². The van der Waals surface area contributed by atoms with Crippen LogP contribution in [0, 0.1) is 0 Å². The van der Waals surface area contributed by atoms with E-state index in [9.17, 15) is 0 Å². The van der Waals surface area contributed by atoms with Crippen LogP contribution in [0.1, 0.15) is 24.1 Å². The van der Waals surface area contributed by atoms with E-state index in [1.54, 1.807) is 25.5 Å². The van der Waals surface area contributed by atoms with Gasteiger partial charge in [-0.2, -0.15) is 0 Å². The normalized spacial score (nSPS) is 13.4. The molecule has 5 heteroatoms. The summed E-state index contributed by atoms with van der Waals surface area (Å²) < 4.78 is 5.01. The Morgan fingerprint density at radius 3 is 2.94 bits per heavy atom. The monoisotopic (exact) mass is 269 g/mol. The fourth-order valence-corrected chi connectivity index (χ4v) is 2.35. The summed E-state index contributed by atoms with van der Waals surface area (Å²) in [5.41, 5.74) is 0. The zero-order valence-corrected chi connectivity index (χ0v) is 12.2. The van der Waals surface area contributed by atoms with Gasteiger partial charge >= 0.3 is 0 Å². The van der Waals surface area contributed by atoms with Crippen LogP contribution in [0.3, 0.4) is 0 Å². The molecule has 102 valence electrons. The van der Waals surface area contributed by atoms with Crippen molar-refractivity contribution in [2.45, 2.75) is 19.3 Å². The van der Waals surface area contributed by atoms with Crippen LogP contribution in [-0.4, -0.2) is 39.8 Å². The highest BCUT2D eigenvalue weighted by atomic mass is 32.1. The first-order valence-corrected chi connectivity index (χ1v) is 7.12. The maximum absolute atomic E-state index is 5.01. The van der Waals surface area contributed by atoms with Crippen molar-refractivity contribution >= 4 is 17.3 Å². The summed E-state index contributed by atoms with van der Waals surface area (Å²) in [7, 11) is 3.51. The lowest BCUT2D eigenvalue weighted by Crippen LogP contribution is -2.39. The molecule has 18 heavy (non-hydrogen) atoms. The minimum Gasteiger partial charge on any atom is -0.385 e. The van der Waals surface area contributed by atoms with Crippen LogP contribution in [0.2, 0.25) is 0 Å². The molecular formula is C13H23N3OS. The number of nitrogens with zero attached hydrogens (tertiary/aromatic N) is 1. The van der Waals surface area contributed by atoms with E-state index < -0.39 is 0 Å². The summed E-state index contributed by atoms with van der Waals surface area (Å²) in [6.45, 7) is 4.76. The summed E-state index contributed by atoms with van der Waals surface area (Å²) >= 11 is 1.80. The second-order valence-electron chi connectivity index (χ2n) is 4.14. The largest absolute Gasteiger partial charge is 0.385 e. The fourth-order valence-electron chi connectivity index (χ4n) is 1.57. The molecule has 1 unspecified atom stereocenters. The molecule has 0 aliphatic heterocycles. The fraction of sp³-hybridized carbons (Fsp3) is 0.615. The van der Waals surface area contributed by atoms with E-state index in [1.165, 1.54) is 4.88 Å². The molecule has 0 aliphatic carbocycles. The van der Waals surface area contributed by atoms with Crippen molar-refractivity contribution in [1.82, 2.24) is 10.6 Å². The highest BCUT2D eigenvalue weighted by molar-refractivity contribution is 7.10. The first-order chi connectivity index (χ1) is 8.77. The van der Waals surface area contributed by atoms with E-state index in [-0.39, 0.29) is 0 Å². The molecule has 2 N–H and O–H groups in total. The van der Waals surface area contributed by atoms with Gasteiger partial charge in [-0.25, -0.2) is 0 Å². The van der Waals surface area contributed by atoms with E-state index in [1.807, 2.05) is 0 Å². The Hall–Kier alpha value is -1.07. The molecule has 1 aromatic heterocycles. The van der Waals surface area contributed by atoms with E-state index in [4.69, 9.17) is 4.74 Å². The van der Waals surface area contributed by atoms with Crippen LogP contribution >= 0.6 is 11.3 Å². The van der Waals surface area contributed by atoms with Gasteiger partial charge in [-0.1, -0.05) is 13.0 Å². The minimum absolute atomic E-state index is 0.502. The SMILES string of the molecule is CN=C(NCCCOC)NCC(C)c1cccs1. The van der Waals surface area contributed by atoms with Crippen molar-refractivity contribution in [3.63, 3.8) is 0 Å². The van der Waals surface area contributed by atoms with Crippen molar-refractivity contribution < 1.29 is 4.74 Å². The van der Waals surface area contributed by atoms with Crippen molar-refractivity contribution in [3.05, 3.63) is 22.4 Å². The standard InChI is InChI=1S/C13H23N3OS/c1-11(12-6-4-9-18-12)10-16-13(14-2)15-7-5-8-17-3/h4,6,9,11H,5,7-8,10H2,1-3H3,(H2,14,15,16). The van der Waals surface area contributed by atoms with Crippen LogP contribution in [0.15, 0.2) is 22.5 Å².